The molecule has 2 atom stereocenters. The van der Waals surface area contributed by atoms with E-state index >= 15 is 0 Å². The molecule has 1 aliphatic carbocycles. The fourth-order valence-corrected chi connectivity index (χ4v) is 4.55. The molecule has 2 N–H and O–H groups in total. The molecule has 0 saturated heterocycles. The average Bonchev–Trinajstić information content (AvgIpc) is 2.83. The van der Waals surface area contributed by atoms with Crippen molar-refractivity contribution >= 4 is 5.91 Å². The summed E-state index contributed by atoms with van der Waals surface area (Å²) in [6.07, 6.45) is 2.53. The number of hydrogen-bond donors (Lipinski definition) is 2. The van der Waals surface area contributed by atoms with E-state index in [9.17, 15) is 13.6 Å². The van der Waals surface area contributed by atoms with Gasteiger partial charge in [-0.1, -0.05) is 19.1 Å². The van der Waals surface area contributed by atoms with Gasteiger partial charge in [0, 0.05) is 0 Å². The molecular formula is C25H26F2N4O2. The quantitative estimate of drug-likeness (QED) is 0.590. The average molecular weight is 453 g/mol. The second-order valence-corrected chi connectivity index (χ2v) is 8.56. The molecule has 0 saturated carbocycles. The van der Waals surface area contributed by atoms with Gasteiger partial charge in [0.25, 0.3) is 0 Å². The zero-order valence-corrected chi connectivity index (χ0v) is 18.6. The number of carbonyl (C=O) groups is 1. The van der Waals surface area contributed by atoms with E-state index in [-0.39, 0.29) is 23.7 Å². The fourth-order valence-electron chi connectivity index (χ4n) is 4.55. The first-order valence-electron chi connectivity index (χ1n) is 11.0. The molecule has 0 spiro atoms. The first-order chi connectivity index (χ1) is 15.9. The SMILES string of the molecule is CC[C@@H]1CC[C@@](C)(c2cccc(CNC(=O)CO)n2)c2nnc(-c3c(F)cccc3F)cc21. The van der Waals surface area contributed by atoms with Crippen molar-refractivity contribution in [2.24, 2.45) is 0 Å². The molecule has 0 bridgehead atoms. The zero-order chi connectivity index (χ0) is 23.6. The highest BCUT2D eigenvalue weighted by molar-refractivity contribution is 5.76. The first-order valence-corrected chi connectivity index (χ1v) is 11.0. The van der Waals surface area contributed by atoms with Crippen molar-refractivity contribution in [1.82, 2.24) is 20.5 Å². The minimum atomic E-state index is -0.671. The van der Waals surface area contributed by atoms with Gasteiger partial charge in [-0.15, -0.1) is 5.10 Å². The summed E-state index contributed by atoms with van der Waals surface area (Å²) in [5, 5.41) is 20.2. The van der Waals surface area contributed by atoms with E-state index in [2.05, 4.69) is 22.4 Å². The number of pyridine rings is 1. The number of nitrogens with one attached hydrogen (secondary N) is 1. The Balaban J connectivity index is 1.77. The van der Waals surface area contributed by atoms with Crippen LogP contribution in [0.1, 0.15) is 61.7 Å². The monoisotopic (exact) mass is 452 g/mol. The highest BCUT2D eigenvalue weighted by atomic mass is 19.1. The third-order valence-corrected chi connectivity index (χ3v) is 6.47. The summed E-state index contributed by atoms with van der Waals surface area (Å²) in [5.74, 6) is -1.62. The second kappa shape index (κ2) is 9.31. The Morgan fingerprint density at radius 3 is 2.61 bits per heavy atom. The molecule has 6 nitrogen and oxygen atoms in total. The largest absolute Gasteiger partial charge is 0.387 e. The molecule has 1 amide bonds. The van der Waals surface area contributed by atoms with E-state index in [4.69, 9.17) is 10.1 Å². The minimum Gasteiger partial charge on any atom is -0.387 e. The molecule has 0 aliphatic heterocycles. The number of hydrogen-bond acceptors (Lipinski definition) is 5. The molecule has 2 aromatic heterocycles. The summed E-state index contributed by atoms with van der Waals surface area (Å²) < 4.78 is 28.8. The van der Waals surface area contributed by atoms with E-state index < -0.39 is 29.6 Å². The van der Waals surface area contributed by atoms with Gasteiger partial charge >= 0.3 is 0 Å². The third-order valence-electron chi connectivity index (χ3n) is 6.47. The Morgan fingerprint density at radius 2 is 1.91 bits per heavy atom. The van der Waals surface area contributed by atoms with Gasteiger partial charge in [0.15, 0.2) is 0 Å². The Kier molecular flexibility index (Phi) is 6.47. The number of benzene rings is 1. The highest BCUT2D eigenvalue weighted by Gasteiger charge is 2.40. The maximum Gasteiger partial charge on any atom is 0.246 e. The summed E-state index contributed by atoms with van der Waals surface area (Å²) in [6.45, 7) is 3.76. The van der Waals surface area contributed by atoms with Crippen LogP contribution in [0.25, 0.3) is 11.3 Å². The standard InChI is InChI=1S/C25H26F2N4O2/c1-3-15-10-11-25(2,21-9-4-6-16(29-21)13-28-22(33)14-32)24-17(15)12-20(30-31-24)23-18(26)7-5-8-19(23)27/h4-9,12,15,32H,3,10-11,13-14H2,1-2H3,(H,28,33)/t15-,25+/m1/s1. The van der Waals surface area contributed by atoms with Crippen molar-refractivity contribution in [2.75, 3.05) is 6.61 Å². The lowest BCUT2D eigenvalue weighted by Gasteiger charge is -2.37. The van der Waals surface area contributed by atoms with E-state index in [1.165, 1.54) is 18.2 Å². The number of fused-ring (bicyclic) bond motifs is 1. The molecular weight excluding hydrogens is 426 g/mol. The number of rotatable bonds is 6. The number of aliphatic hydroxyl groups is 1. The van der Waals surface area contributed by atoms with Gasteiger partial charge in [-0.25, -0.2) is 8.78 Å². The molecule has 8 heteroatoms. The molecule has 4 rings (SSSR count). The smallest absolute Gasteiger partial charge is 0.246 e. The highest BCUT2D eigenvalue weighted by Crippen LogP contribution is 2.46. The lowest BCUT2D eigenvalue weighted by molar-refractivity contribution is -0.124. The van der Waals surface area contributed by atoms with Gasteiger partial charge in [0.05, 0.1) is 40.3 Å². The summed E-state index contributed by atoms with van der Waals surface area (Å²) in [4.78, 5) is 16.2. The van der Waals surface area contributed by atoms with Gasteiger partial charge in [-0.2, -0.15) is 5.10 Å². The normalized spacial score (nSPS) is 19.7. The fraction of sp³-hybridized carbons (Fsp3) is 0.360. The van der Waals surface area contributed by atoms with Crippen molar-refractivity contribution in [3.8, 4) is 11.3 Å². The Hall–Kier alpha value is -3.26. The van der Waals surface area contributed by atoms with Crippen LogP contribution in [-0.2, 0) is 16.8 Å². The van der Waals surface area contributed by atoms with Crippen LogP contribution in [0.3, 0.4) is 0 Å². The third kappa shape index (κ3) is 4.35. The van der Waals surface area contributed by atoms with Crippen LogP contribution in [0.4, 0.5) is 8.78 Å². The van der Waals surface area contributed by atoms with Crippen LogP contribution in [0.2, 0.25) is 0 Å². The van der Waals surface area contributed by atoms with E-state index in [1.54, 1.807) is 12.1 Å². The van der Waals surface area contributed by atoms with Crippen LogP contribution >= 0.6 is 0 Å². The Bertz CT molecular complexity index is 1170. The molecule has 0 fully saturated rings. The number of aromatic nitrogens is 3. The summed E-state index contributed by atoms with van der Waals surface area (Å²) in [5.41, 5.74) is 2.60. The minimum absolute atomic E-state index is 0.172. The molecule has 172 valence electrons. The zero-order valence-electron chi connectivity index (χ0n) is 18.6. The van der Waals surface area contributed by atoms with Gasteiger partial charge < -0.3 is 10.4 Å². The van der Waals surface area contributed by atoms with Crippen molar-refractivity contribution in [1.29, 1.82) is 0 Å². The van der Waals surface area contributed by atoms with Crippen molar-refractivity contribution in [3.05, 3.63) is 76.7 Å². The van der Waals surface area contributed by atoms with Crippen LogP contribution in [-0.4, -0.2) is 32.8 Å². The predicted molar refractivity (Wildman–Crippen MR) is 119 cm³/mol. The van der Waals surface area contributed by atoms with Crippen molar-refractivity contribution < 1.29 is 18.7 Å². The number of aliphatic hydroxyl groups excluding tert-OH is 1. The van der Waals surface area contributed by atoms with Crippen molar-refractivity contribution in [2.45, 2.75) is 51.0 Å². The molecule has 1 aliphatic rings. The summed E-state index contributed by atoms with van der Waals surface area (Å²) in [7, 11) is 0. The predicted octanol–water partition coefficient (Wildman–Crippen LogP) is 4.02. The second-order valence-electron chi connectivity index (χ2n) is 8.56. The van der Waals surface area contributed by atoms with E-state index in [1.807, 2.05) is 19.1 Å². The van der Waals surface area contributed by atoms with Gasteiger partial charge in [0.2, 0.25) is 5.91 Å². The van der Waals surface area contributed by atoms with Gasteiger partial charge in [-0.3, -0.25) is 9.78 Å². The number of amides is 1. The molecule has 1 aromatic carbocycles. The van der Waals surface area contributed by atoms with Crippen LogP contribution in [0.15, 0.2) is 42.5 Å². The molecule has 2 heterocycles. The molecule has 0 unspecified atom stereocenters. The topological polar surface area (TPSA) is 88.0 Å². The van der Waals surface area contributed by atoms with Crippen LogP contribution in [0, 0.1) is 11.6 Å². The van der Waals surface area contributed by atoms with Gasteiger partial charge in [-0.05, 0) is 68.0 Å². The number of nitrogens with zero attached hydrogens (tertiary/aromatic N) is 3. The lowest BCUT2D eigenvalue weighted by atomic mass is 9.68. The van der Waals surface area contributed by atoms with E-state index in [0.29, 0.717) is 5.69 Å². The van der Waals surface area contributed by atoms with Crippen molar-refractivity contribution in [3.63, 3.8) is 0 Å². The summed E-state index contributed by atoms with van der Waals surface area (Å²) >= 11 is 0. The number of halogens is 2. The molecule has 0 radical (unpaired) electrons. The first kappa shape index (κ1) is 22.9. The molecule has 3 aromatic rings. The van der Waals surface area contributed by atoms with Crippen LogP contribution in [0.5, 0.6) is 0 Å². The van der Waals surface area contributed by atoms with E-state index in [0.717, 1.165) is 36.2 Å². The van der Waals surface area contributed by atoms with Crippen LogP contribution < -0.4 is 5.32 Å². The Morgan fingerprint density at radius 1 is 1.18 bits per heavy atom. The maximum atomic E-state index is 14.4. The lowest BCUT2D eigenvalue weighted by Crippen LogP contribution is -2.34. The molecule has 33 heavy (non-hydrogen) atoms. The Labute approximate surface area is 191 Å². The van der Waals surface area contributed by atoms with Gasteiger partial charge in [0.1, 0.15) is 18.2 Å². The number of carbonyl (C=O) groups excluding carboxylic acids is 1. The summed E-state index contributed by atoms with van der Waals surface area (Å²) in [6, 6.07) is 11.1. The maximum absolute atomic E-state index is 14.4.